The number of aromatic nitrogens is 1. The standard InChI is InChI=1S/C19H28N4O/c1-17(18-9-4-3-5-10-18)24-16-8-11-21-19(20-2)22-12-15-23-13-6-7-14-23/h3-7,9-10,13-14,17H,8,11-12,15-16H2,1-2H3,(H2,20,21,22). The van der Waals surface area contributed by atoms with Gasteiger partial charge < -0.3 is 19.9 Å². The maximum atomic E-state index is 5.87. The summed E-state index contributed by atoms with van der Waals surface area (Å²) in [6, 6.07) is 14.4. The molecule has 1 atom stereocenters. The van der Waals surface area contributed by atoms with Crippen LogP contribution in [0.15, 0.2) is 59.9 Å². The molecule has 1 unspecified atom stereocenters. The third-order valence-electron chi connectivity index (χ3n) is 3.80. The molecule has 0 amide bonds. The second kappa shape index (κ2) is 10.5. The predicted molar refractivity (Wildman–Crippen MR) is 99.2 cm³/mol. The average molecular weight is 328 g/mol. The minimum Gasteiger partial charge on any atom is -0.374 e. The van der Waals surface area contributed by atoms with Gasteiger partial charge in [-0.15, -0.1) is 0 Å². The Labute approximate surface area is 144 Å². The Morgan fingerprint density at radius 1 is 1.08 bits per heavy atom. The van der Waals surface area contributed by atoms with E-state index >= 15 is 0 Å². The summed E-state index contributed by atoms with van der Waals surface area (Å²) in [5.74, 6) is 0.832. The summed E-state index contributed by atoms with van der Waals surface area (Å²) in [4.78, 5) is 4.23. The van der Waals surface area contributed by atoms with E-state index in [2.05, 4.69) is 51.6 Å². The number of nitrogens with zero attached hydrogens (tertiary/aromatic N) is 2. The van der Waals surface area contributed by atoms with Gasteiger partial charge >= 0.3 is 0 Å². The largest absolute Gasteiger partial charge is 0.374 e. The SMILES string of the molecule is CN=C(NCCCOC(C)c1ccccc1)NCCn1cccc1. The average Bonchev–Trinajstić information content (AvgIpc) is 3.14. The van der Waals surface area contributed by atoms with Crippen LogP contribution in [0.2, 0.25) is 0 Å². The van der Waals surface area contributed by atoms with E-state index in [1.54, 1.807) is 7.05 Å². The fourth-order valence-electron chi connectivity index (χ4n) is 2.40. The van der Waals surface area contributed by atoms with E-state index in [-0.39, 0.29) is 6.10 Å². The Balaban J connectivity index is 1.55. The molecule has 0 radical (unpaired) electrons. The van der Waals surface area contributed by atoms with Crippen molar-refractivity contribution >= 4 is 5.96 Å². The van der Waals surface area contributed by atoms with E-state index < -0.39 is 0 Å². The van der Waals surface area contributed by atoms with E-state index in [9.17, 15) is 0 Å². The normalized spacial score (nSPS) is 12.8. The molecule has 1 aromatic carbocycles. The van der Waals surface area contributed by atoms with Crippen LogP contribution in [0.25, 0.3) is 0 Å². The lowest BCUT2D eigenvalue weighted by molar-refractivity contribution is 0.0646. The predicted octanol–water partition coefficient (Wildman–Crippen LogP) is 2.82. The molecule has 130 valence electrons. The molecule has 2 aromatic rings. The summed E-state index contributed by atoms with van der Waals surface area (Å²) in [5, 5.41) is 6.62. The van der Waals surface area contributed by atoms with Crippen molar-refractivity contribution in [1.29, 1.82) is 0 Å². The number of aliphatic imine (C=N–C) groups is 1. The molecule has 0 fully saturated rings. The van der Waals surface area contributed by atoms with E-state index in [1.165, 1.54) is 5.56 Å². The minimum absolute atomic E-state index is 0.130. The van der Waals surface area contributed by atoms with Gasteiger partial charge in [-0.25, -0.2) is 0 Å². The molecule has 1 aromatic heterocycles. The second-order valence-electron chi connectivity index (χ2n) is 5.62. The summed E-state index contributed by atoms with van der Waals surface area (Å²) in [5.41, 5.74) is 1.22. The number of benzene rings is 1. The molecule has 2 rings (SSSR count). The number of nitrogens with one attached hydrogen (secondary N) is 2. The molecule has 0 bridgehead atoms. The fourth-order valence-corrected chi connectivity index (χ4v) is 2.40. The molecule has 0 aliphatic rings. The third kappa shape index (κ3) is 6.46. The molecule has 24 heavy (non-hydrogen) atoms. The van der Waals surface area contributed by atoms with E-state index in [0.717, 1.165) is 38.6 Å². The minimum atomic E-state index is 0.130. The highest BCUT2D eigenvalue weighted by atomic mass is 16.5. The Bertz CT molecular complexity index is 581. The van der Waals surface area contributed by atoms with Gasteiger partial charge in [-0.3, -0.25) is 4.99 Å². The smallest absolute Gasteiger partial charge is 0.191 e. The number of guanidine groups is 1. The number of rotatable bonds is 9. The fraction of sp³-hybridized carbons (Fsp3) is 0.421. The summed E-state index contributed by atoms with van der Waals surface area (Å²) in [6.07, 6.45) is 5.19. The molecule has 5 nitrogen and oxygen atoms in total. The first-order chi connectivity index (χ1) is 11.8. The summed E-state index contributed by atoms with van der Waals surface area (Å²) in [6.45, 7) is 5.42. The van der Waals surface area contributed by atoms with E-state index in [4.69, 9.17) is 4.74 Å². The molecule has 2 N–H and O–H groups in total. The van der Waals surface area contributed by atoms with Crippen LogP contribution in [-0.2, 0) is 11.3 Å². The van der Waals surface area contributed by atoms with Crippen molar-refractivity contribution in [2.24, 2.45) is 4.99 Å². The van der Waals surface area contributed by atoms with Gasteiger partial charge in [-0.2, -0.15) is 0 Å². The molecule has 0 spiro atoms. The molecule has 0 aliphatic carbocycles. The van der Waals surface area contributed by atoms with Gasteiger partial charge in [0.25, 0.3) is 0 Å². The molecular formula is C19H28N4O. The zero-order valence-corrected chi connectivity index (χ0v) is 14.6. The van der Waals surface area contributed by atoms with Crippen LogP contribution >= 0.6 is 0 Å². The van der Waals surface area contributed by atoms with Gasteiger partial charge in [-0.1, -0.05) is 30.3 Å². The lowest BCUT2D eigenvalue weighted by Gasteiger charge is -2.15. The van der Waals surface area contributed by atoms with Crippen LogP contribution in [0.3, 0.4) is 0 Å². The maximum absolute atomic E-state index is 5.87. The van der Waals surface area contributed by atoms with Crippen molar-refractivity contribution < 1.29 is 4.74 Å². The first-order valence-electron chi connectivity index (χ1n) is 8.51. The molecule has 5 heteroatoms. The summed E-state index contributed by atoms with van der Waals surface area (Å²) in [7, 11) is 1.79. The molecular weight excluding hydrogens is 300 g/mol. The third-order valence-corrected chi connectivity index (χ3v) is 3.80. The Kier molecular flexibility index (Phi) is 7.90. The topological polar surface area (TPSA) is 50.6 Å². The van der Waals surface area contributed by atoms with Crippen molar-refractivity contribution in [3.8, 4) is 0 Å². The van der Waals surface area contributed by atoms with Crippen LogP contribution in [0, 0.1) is 0 Å². The lowest BCUT2D eigenvalue weighted by atomic mass is 10.1. The number of hydrogen-bond acceptors (Lipinski definition) is 2. The quantitative estimate of drug-likeness (QED) is 0.423. The van der Waals surface area contributed by atoms with Gasteiger partial charge in [0.1, 0.15) is 0 Å². The Hall–Kier alpha value is -2.27. The van der Waals surface area contributed by atoms with Gasteiger partial charge in [0.2, 0.25) is 0 Å². The van der Waals surface area contributed by atoms with Crippen LogP contribution in [-0.4, -0.2) is 37.3 Å². The van der Waals surface area contributed by atoms with Crippen molar-refractivity contribution in [2.45, 2.75) is 26.0 Å². The number of ether oxygens (including phenoxy) is 1. The molecule has 1 heterocycles. The van der Waals surface area contributed by atoms with Crippen molar-refractivity contribution in [3.63, 3.8) is 0 Å². The summed E-state index contributed by atoms with van der Waals surface area (Å²) >= 11 is 0. The van der Waals surface area contributed by atoms with Gasteiger partial charge in [0.05, 0.1) is 6.10 Å². The lowest BCUT2D eigenvalue weighted by Crippen LogP contribution is -2.39. The van der Waals surface area contributed by atoms with Crippen LogP contribution in [0.1, 0.15) is 25.0 Å². The number of hydrogen-bond donors (Lipinski definition) is 2. The first-order valence-corrected chi connectivity index (χ1v) is 8.51. The van der Waals surface area contributed by atoms with E-state index in [1.807, 2.05) is 30.3 Å². The highest BCUT2D eigenvalue weighted by molar-refractivity contribution is 5.79. The van der Waals surface area contributed by atoms with Crippen LogP contribution in [0.4, 0.5) is 0 Å². The van der Waals surface area contributed by atoms with Gasteiger partial charge in [0.15, 0.2) is 5.96 Å². The molecule has 0 saturated carbocycles. The Morgan fingerprint density at radius 2 is 1.79 bits per heavy atom. The zero-order chi connectivity index (χ0) is 17.0. The van der Waals surface area contributed by atoms with Crippen LogP contribution < -0.4 is 10.6 Å². The van der Waals surface area contributed by atoms with Crippen molar-refractivity contribution in [1.82, 2.24) is 15.2 Å². The summed E-state index contributed by atoms with van der Waals surface area (Å²) < 4.78 is 8.01. The first kappa shape index (κ1) is 18.1. The van der Waals surface area contributed by atoms with Gasteiger partial charge in [0, 0.05) is 45.7 Å². The molecule has 0 aliphatic heterocycles. The Morgan fingerprint density at radius 3 is 2.50 bits per heavy atom. The highest BCUT2D eigenvalue weighted by Gasteiger charge is 2.04. The highest BCUT2D eigenvalue weighted by Crippen LogP contribution is 2.15. The van der Waals surface area contributed by atoms with Gasteiger partial charge in [-0.05, 0) is 31.0 Å². The molecule has 0 saturated heterocycles. The van der Waals surface area contributed by atoms with E-state index in [0.29, 0.717) is 0 Å². The second-order valence-corrected chi connectivity index (χ2v) is 5.62. The monoisotopic (exact) mass is 328 g/mol. The van der Waals surface area contributed by atoms with Crippen LogP contribution in [0.5, 0.6) is 0 Å². The maximum Gasteiger partial charge on any atom is 0.191 e. The van der Waals surface area contributed by atoms with Crippen molar-refractivity contribution in [3.05, 3.63) is 60.4 Å². The van der Waals surface area contributed by atoms with Crippen molar-refractivity contribution in [2.75, 3.05) is 26.7 Å². The zero-order valence-electron chi connectivity index (χ0n) is 14.6.